The number of hydrogen-bond acceptors (Lipinski definition) is 7. The van der Waals surface area contributed by atoms with Crippen LogP contribution in [0.2, 0.25) is 0 Å². The normalized spacial score (nSPS) is 22.6. The fourth-order valence-electron chi connectivity index (χ4n) is 5.67. The van der Waals surface area contributed by atoms with Gasteiger partial charge in [-0.15, -0.1) is 11.3 Å². The minimum atomic E-state index is -5.11. The number of anilines is 2. The lowest BCUT2D eigenvalue weighted by atomic mass is 9.82. The molecule has 12 heteroatoms. The number of aromatic nitrogens is 1. The first-order valence-corrected chi connectivity index (χ1v) is 14.8. The van der Waals surface area contributed by atoms with Crippen molar-refractivity contribution in [3.63, 3.8) is 0 Å². The molecule has 2 aromatic rings. The van der Waals surface area contributed by atoms with E-state index in [0.29, 0.717) is 31.0 Å². The van der Waals surface area contributed by atoms with E-state index in [1.54, 1.807) is 12.1 Å². The third-order valence-electron chi connectivity index (χ3n) is 8.00. The predicted octanol–water partition coefficient (Wildman–Crippen LogP) is 4.85. The van der Waals surface area contributed by atoms with E-state index in [4.69, 9.17) is 0 Å². The highest BCUT2D eigenvalue weighted by molar-refractivity contribution is 7.14. The monoisotopic (exact) mass is 574 g/mol. The molecular weight excluding hydrogens is 541 g/mol. The lowest BCUT2D eigenvalue weighted by Crippen LogP contribution is -2.55. The highest BCUT2D eigenvalue weighted by Crippen LogP contribution is 2.37. The Kier molecular flexibility index (Phi) is 8.61. The summed E-state index contributed by atoms with van der Waals surface area (Å²) in [5.41, 5.74) is 1.49. The Balaban J connectivity index is 1.36. The molecule has 8 nitrogen and oxygen atoms in total. The number of carbonyl (C=O) groups excluding carboxylic acids is 2. The number of nitriles is 1. The van der Waals surface area contributed by atoms with Crippen molar-refractivity contribution in [1.82, 2.24) is 15.6 Å². The Hall–Kier alpha value is -3.17. The second-order valence-corrected chi connectivity index (χ2v) is 11.7. The predicted molar refractivity (Wildman–Crippen MR) is 147 cm³/mol. The first-order chi connectivity index (χ1) is 19.2. The van der Waals surface area contributed by atoms with Crippen molar-refractivity contribution < 1.29 is 22.8 Å². The number of amides is 2. The molecule has 5 rings (SSSR count). The van der Waals surface area contributed by atoms with E-state index < -0.39 is 36.0 Å². The average Bonchev–Trinajstić information content (AvgIpc) is 3.70. The van der Waals surface area contributed by atoms with Gasteiger partial charge in [-0.05, 0) is 69.7 Å². The summed E-state index contributed by atoms with van der Waals surface area (Å²) < 4.78 is 41.5. The van der Waals surface area contributed by atoms with Gasteiger partial charge in [-0.2, -0.15) is 18.4 Å². The third kappa shape index (κ3) is 6.58. The van der Waals surface area contributed by atoms with Crippen LogP contribution in [0.5, 0.6) is 0 Å². The van der Waals surface area contributed by atoms with Gasteiger partial charge in [-0.25, -0.2) is 4.98 Å². The van der Waals surface area contributed by atoms with Gasteiger partial charge in [0.2, 0.25) is 5.91 Å². The lowest BCUT2D eigenvalue weighted by molar-refractivity contribution is -0.171. The van der Waals surface area contributed by atoms with Crippen molar-refractivity contribution in [1.29, 1.82) is 5.26 Å². The number of carbonyl (C=O) groups is 2. The van der Waals surface area contributed by atoms with Gasteiger partial charge in [-0.3, -0.25) is 9.59 Å². The van der Waals surface area contributed by atoms with Crippen molar-refractivity contribution in [2.45, 2.75) is 75.7 Å². The first kappa shape index (κ1) is 28.4. The average molecular weight is 575 g/mol. The van der Waals surface area contributed by atoms with Crippen LogP contribution in [0.1, 0.15) is 51.4 Å². The molecule has 2 amide bonds. The van der Waals surface area contributed by atoms with Gasteiger partial charge < -0.3 is 20.9 Å². The van der Waals surface area contributed by atoms with Crippen LogP contribution >= 0.6 is 11.3 Å². The summed E-state index contributed by atoms with van der Waals surface area (Å²) in [6, 6.07) is 7.12. The standard InChI is InChI=1S/C28H33F3N6O2S/c29-28(30,31)26(39)37(24-4-2-1-3-21(24)25(38)35-22(15-32)17-5-6-17)20-9-7-18(8-10-20)23-16-40-27(36-23)34-19-11-13-33-14-12-19/h7-10,16-17,19,21-22,24,33H,1-6,11-14H2,(H,34,36)(H,35,38)/t21-,22?,24+/m1/s1. The van der Waals surface area contributed by atoms with Gasteiger partial charge in [0, 0.05) is 28.7 Å². The second-order valence-electron chi connectivity index (χ2n) is 10.8. The van der Waals surface area contributed by atoms with Crippen LogP contribution in [-0.4, -0.2) is 54.2 Å². The molecule has 2 heterocycles. The maximum Gasteiger partial charge on any atom is 0.471 e. The summed E-state index contributed by atoms with van der Waals surface area (Å²) in [7, 11) is 0. The topological polar surface area (TPSA) is 110 Å². The van der Waals surface area contributed by atoms with E-state index in [0.717, 1.165) is 54.4 Å². The molecule has 0 radical (unpaired) electrons. The molecule has 3 fully saturated rings. The van der Waals surface area contributed by atoms with Crippen LogP contribution in [0.4, 0.5) is 24.0 Å². The first-order valence-electron chi connectivity index (χ1n) is 13.9. The number of piperidine rings is 1. The molecule has 214 valence electrons. The maximum atomic E-state index is 13.8. The van der Waals surface area contributed by atoms with E-state index in [-0.39, 0.29) is 18.0 Å². The molecule has 2 saturated carbocycles. The zero-order chi connectivity index (χ0) is 28.3. The molecular formula is C28H33F3N6O2S. The Labute approximate surface area is 235 Å². The molecule has 0 spiro atoms. The maximum absolute atomic E-state index is 13.8. The summed E-state index contributed by atoms with van der Waals surface area (Å²) in [6.07, 6.45) is 0.465. The number of halogens is 3. The Morgan fingerprint density at radius 3 is 2.42 bits per heavy atom. The van der Waals surface area contributed by atoms with E-state index in [1.807, 2.05) is 5.38 Å². The summed E-state index contributed by atoms with van der Waals surface area (Å²) in [5, 5.41) is 21.6. The van der Waals surface area contributed by atoms with Gasteiger partial charge in [-0.1, -0.05) is 25.0 Å². The molecule has 1 aliphatic heterocycles. The quantitative estimate of drug-likeness (QED) is 0.416. The van der Waals surface area contributed by atoms with Crippen molar-refractivity contribution in [3.8, 4) is 17.3 Å². The minimum absolute atomic E-state index is 0.0811. The van der Waals surface area contributed by atoms with Gasteiger partial charge in [0.1, 0.15) is 6.04 Å². The SMILES string of the molecule is N#CC(NC(=O)[C@@H]1CCCC[C@@H]1N(C(=O)C(F)(F)F)c1ccc(-c2csc(NC3CCNCC3)n2)cc1)C1CC1. The number of nitrogens with one attached hydrogen (secondary N) is 3. The van der Waals surface area contributed by atoms with Gasteiger partial charge >= 0.3 is 12.1 Å². The van der Waals surface area contributed by atoms with Crippen LogP contribution in [-0.2, 0) is 9.59 Å². The summed E-state index contributed by atoms with van der Waals surface area (Å²) in [5.74, 6) is -3.21. The van der Waals surface area contributed by atoms with Crippen molar-refractivity contribution >= 4 is 34.0 Å². The molecule has 3 atom stereocenters. The Bertz CT molecular complexity index is 1230. The number of alkyl halides is 3. The van der Waals surface area contributed by atoms with Crippen LogP contribution < -0.4 is 20.9 Å². The highest BCUT2D eigenvalue weighted by atomic mass is 32.1. The number of rotatable bonds is 8. The molecule has 1 saturated heterocycles. The van der Waals surface area contributed by atoms with Crippen molar-refractivity contribution in [2.75, 3.05) is 23.3 Å². The molecule has 1 aromatic heterocycles. The molecule has 3 aliphatic rings. The summed E-state index contributed by atoms with van der Waals surface area (Å²) in [4.78, 5) is 31.4. The van der Waals surface area contributed by atoms with E-state index >= 15 is 0 Å². The fourth-order valence-corrected chi connectivity index (χ4v) is 6.47. The third-order valence-corrected chi connectivity index (χ3v) is 8.78. The van der Waals surface area contributed by atoms with Crippen LogP contribution in [0, 0.1) is 23.2 Å². The molecule has 3 N–H and O–H groups in total. The molecule has 2 aliphatic carbocycles. The van der Waals surface area contributed by atoms with E-state index in [9.17, 15) is 28.0 Å². The number of hydrogen-bond donors (Lipinski definition) is 3. The number of benzene rings is 1. The van der Waals surface area contributed by atoms with Crippen LogP contribution in [0.3, 0.4) is 0 Å². The largest absolute Gasteiger partial charge is 0.471 e. The molecule has 0 bridgehead atoms. The molecule has 1 unspecified atom stereocenters. The smallest absolute Gasteiger partial charge is 0.359 e. The zero-order valence-corrected chi connectivity index (χ0v) is 22.9. The number of nitrogens with zero attached hydrogens (tertiary/aromatic N) is 3. The van der Waals surface area contributed by atoms with Gasteiger partial charge in [0.25, 0.3) is 0 Å². The van der Waals surface area contributed by atoms with Gasteiger partial charge in [0.05, 0.1) is 17.7 Å². The summed E-state index contributed by atoms with van der Waals surface area (Å²) in [6.45, 7) is 1.90. The zero-order valence-electron chi connectivity index (χ0n) is 22.0. The second kappa shape index (κ2) is 12.1. The van der Waals surface area contributed by atoms with Crippen molar-refractivity contribution in [3.05, 3.63) is 29.6 Å². The van der Waals surface area contributed by atoms with Gasteiger partial charge in [0.15, 0.2) is 5.13 Å². The van der Waals surface area contributed by atoms with E-state index in [1.165, 1.54) is 23.5 Å². The Morgan fingerprint density at radius 1 is 1.07 bits per heavy atom. The van der Waals surface area contributed by atoms with Crippen LogP contribution in [0.25, 0.3) is 11.3 Å². The Morgan fingerprint density at radius 2 is 1.77 bits per heavy atom. The minimum Gasteiger partial charge on any atom is -0.359 e. The van der Waals surface area contributed by atoms with Crippen molar-refractivity contribution in [2.24, 2.45) is 11.8 Å². The summed E-state index contributed by atoms with van der Waals surface area (Å²) >= 11 is 1.47. The molecule has 40 heavy (non-hydrogen) atoms. The highest BCUT2D eigenvalue weighted by Gasteiger charge is 2.48. The molecule has 1 aromatic carbocycles. The van der Waals surface area contributed by atoms with Crippen LogP contribution in [0.15, 0.2) is 29.6 Å². The fraction of sp³-hybridized carbons (Fsp3) is 0.571. The van der Waals surface area contributed by atoms with E-state index in [2.05, 4.69) is 27.0 Å². The lowest BCUT2D eigenvalue weighted by Gasteiger charge is -2.39. The number of thiazole rings is 1.